The molecule has 0 bridgehead atoms. The van der Waals surface area contributed by atoms with E-state index >= 15 is 0 Å². The Balaban J connectivity index is 2.76. The van der Waals surface area contributed by atoms with Gasteiger partial charge in [0.1, 0.15) is 0 Å². The Labute approximate surface area is 180 Å². The fourth-order valence-corrected chi connectivity index (χ4v) is 3.47. The third-order valence-electron chi connectivity index (χ3n) is 4.67. The summed E-state index contributed by atoms with van der Waals surface area (Å²) in [5, 5.41) is 26.8. The van der Waals surface area contributed by atoms with Gasteiger partial charge in [0.2, 0.25) is 0 Å². The molecule has 10 heteroatoms. The largest absolute Gasteiger partial charge is 0.463 e. The fourth-order valence-electron chi connectivity index (χ4n) is 3.47. The van der Waals surface area contributed by atoms with Crippen LogP contribution in [0.5, 0.6) is 0 Å². The minimum Gasteiger partial charge on any atom is -0.463 e. The molecule has 1 aliphatic rings. The van der Waals surface area contributed by atoms with Crippen molar-refractivity contribution in [1.29, 1.82) is 0 Å². The van der Waals surface area contributed by atoms with Gasteiger partial charge in [-0.05, 0) is 20.8 Å². The van der Waals surface area contributed by atoms with Crippen LogP contribution in [0.2, 0.25) is 0 Å². The third kappa shape index (κ3) is 5.47. The molecule has 0 aliphatic carbocycles. The van der Waals surface area contributed by atoms with Crippen LogP contribution in [0.3, 0.4) is 0 Å². The van der Waals surface area contributed by atoms with Gasteiger partial charge in [-0.25, -0.2) is 9.59 Å². The van der Waals surface area contributed by atoms with E-state index < -0.39 is 22.8 Å². The van der Waals surface area contributed by atoms with Gasteiger partial charge < -0.3 is 25.2 Å². The first kappa shape index (κ1) is 24.0. The summed E-state index contributed by atoms with van der Waals surface area (Å²) >= 11 is 0. The number of ether oxygens (including phenoxy) is 2. The van der Waals surface area contributed by atoms with E-state index in [1.807, 2.05) is 0 Å². The molecule has 1 aromatic rings. The van der Waals surface area contributed by atoms with E-state index in [1.54, 1.807) is 26.8 Å². The Hall–Kier alpha value is -3.24. The van der Waals surface area contributed by atoms with E-state index in [0.29, 0.717) is 11.4 Å². The lowest BCUT2D eigenvalue weighted by Gasteiger charge is -2.31. The van der Waals surface area contributed by atoms with Crippen molar-refractivity contribution in [2.75, 3.05) is 32.9 Å². The highest BCUT2D eigenvalue weighted by Crippen LogP contribution is 2.42. The molecule has 2 rings (SSSR count). The van der Waals surface area contributed by atoms with Crippen LogP contribution in [0.1, 0.15) is 32.3 Å². The average Bonchev–Trinajstić information content (AvgIpc) is 2.73. The highest BCUT2D eigenvalue weighted by Gasteiger charge is 2.41. The fraction of sp³-hybridized carbons (Fsp3) is 0.429. The number of rotatable bonds is 10. The molecule has 168 valence electrons. The Morgan fingerprint density at radius 2 is 1.77 bits per heavy atom. The minimum atomic E-state index is -1.06. The van der Waals surface area contributed by atoms with Crippen LogP contribution in [0.4, 0.5) is 5.69 Å². The topological polar surface area (TPSA) is 140 Å². The highest BCUT2D eigenvalue weighted by atomic mass is 16.6. The monoisotopic (exact) mass is 433 g/mol. The van der Waals surface area contributed by atoms with Crippen LogP contribution in [-0.4, -0.2) is 54.9 Å². The van der Waals surface area contributed by atoms with Crippen molar-refractivity contribution in [3.05, 3.63) is 62.5 Å². The smallest absolute Gasteiger partial charge is 0.336 e. The third-order valence-corrected chi connectivity index (χ3v) is 4.67. The number of nitrogens with zero attached hydrogens (tertiary/aromatic N) is 1. The molecular formula is C21H27N3O7. The predicted octanol–water partition coefficient (Wildman–Crippen LogP) is 1.52. The molecule has 10 nitrogen and oxygen atoms in total. The summed E-state index contributed by atoms with van der Waals surface area (Å²) in [5.74, 6) is -2.44. The molecule has 0 amide bonds. The van der Waals surface area contributed by atoms with Gasteiger partial charge in [0.15, 0.2) is 0 Å². The predicted molar refractivity (Wildman–Crippen MR) is 112 cm³/mol. The number of nitro benzene ring substituents is 1. The van der Waals surface area contributed by atoms with Crippen molar-refractivity contribution in [1.82, 2.24) is 10.6 Å². The van der Waals surface area contributed by atoms with Gasteiger partial charge in [-0.15, -0.1) is 0 Å². The molecule has 0 fully saturated rings. The van der Waals surface area contributed by atoms with Crippen LogP contribution in [0.25, 0.3) is 0 Å². The number of hydrogen-bond acceptors (Lipinski definition) is 9. The zero-order valence-electron chi connectivity index (χ0n) is 17.8. The molecule has 3 N–H and O–H groups in total. The summed E-state index contributed by atoms with van der Waals surface area (Å²) in [4.78, 5) is 37.0. The van der Waals surface area contributed by atoms with Crippen molar-refractivity contribution in [2.45, 2.75) is 26.7 Å². The number of carbonyl (C=O) groups excluding carboxylic acids is 2. The number of para-hydroxylation sites is 1. The SMILES string of the molecule is CCOC(=O)C1=C(C)NC(CNCCO)=C(C(=O)OCC)C1c1ccccc1[N+](=O)[O-]. The number of allylic oxidation sites excluding steroid dienone is 1. The first-order valence-corrected chi connectivity index (χ1v) is 9.97. The van der Waals surface area contributed by atoms with E-state index in [4.69, 9.17) is 14.6 Å². The summed E-state index contributed by atoms with van der Waals surface area (Å²) in [6, 6.07) is 5.95. The van der Waals surface area contributed by atoms with Gasteiger partial charge in [0, 0.05) is 36.1 Å². The maximum Gasteiger partial charge on any atom is 0.336 e. The van der Waals surface area contributed by atoms with Crippen molar-refractivity contribution in [3.63, 3.8) is 0 Å². The molecule has 1 atom stereocenters. The molecule has 0 aromatic heterocycles. The Kier molecular flexibility index (Phi) is 8.71. The van der Waals surface area contributed by atoms with Gasteiger partial charge in [-0.3, -0.25) is 10.1 Å². The summed E-state index contributed by atoms with van der Waals surface area (Å²) < 4.78 is 10.4. The molecule has 1 aliphatic heterocycles. The van der Waals surface area contributed by atoms with Gasteiger partial charge in [0.05, 0.1) is 41.8 Å². The first-order chi connectivity index (χ1) is 14.9. The molecular weight excluding hydrogens is 406 g/mol. The van der Waals surface area contributed by atoms with E-state index in [-0.39, 0.29) is 55.3 Å². The van der Waals surface area contributed by atoms with Crippen LogP contribution in [0, 0.1) is 10.1 Å². The Morgan fingerprint density at radius 1 is 1.16 bits per heavy atom. The standard InChI is InChI=1S/C21H27N3O7/c1-4-30-20(26)17-13(3)23-15(12-22-10-11-25)19(21(27)31-5-2)18(17)14-8-6-7-9-16(14)24(28)29/h6-9,18,22-23,25H,4-5,10-12H2,1-3H3. The van der Waals surface area contributed by atoms with Gasteiger partial charge >= 0.3 is 11.9 Å². The van der Waals surface area contributed by atoms with Crippen LogP contribution < -0.4 is 10.6 Å². The highest BCUT2D eigenvalue weighted by molar-refractivity contribution is 6.00. The summed E-state index contributed by atoms with van der Waals surface area (Å²) in [6.07, 6.45) is 0. The molecule has 0 saturated carbocycles. The maximum atomic E-state index is 13.0. The lowest BCUT2D eigenvalue weighted by atomic mass is 9.79. The number of hydrogen-bond donors (Lipinski definition) is 3. The summed E-state index contributed by atoms with van der Waals surface area (Å²) in [5.41, 5.74) is 0.948. The second-order valence-electron chi connectivity index (χ2n) is 6.65. The van der Waals surface area contributed by atoms with Gasteiger partial charge in [-0.1, -0.05) is 18.2 Å². The van der Waals surface area contributed by atoms with Crippen LogP contribution in [-0.2, 0) is 19.1 Å². The van der Waals surface area contributed by atoms with E-state index in [9.17, 15) is 19.7 Å². The number of benzene rings is 1. The molecule has 0 radical (unpaired) electrons. The molecule has 31 heavy (non-hydrogen) atoms. The number of dihydropyridines is 1. The van der Waals surface area contributed by atoms with E-state index in [0.717, 1.165) is 0 Å². The number of nitro groups is 1. The number of aliphatic hydroxyl groups is 1. The lowest BCUT2D eigenvalue weighted by molar-refractivity contribution is -0.385. The maximum absolute atomic E-state index is 13.0. The zero-order valence-corrected chi connectivity index (χ0v) is 17.8. The number of esters is 2. The minimum absolute atomic E-state index is 0.0789. The zero-order chi connectivity index (χ0) is 23.0. The second kappa shape index (κ2) is 11.2. The van der Waals surface area contributed by atoms with Crippen molar-refractivity contribution in [2.24, 2.45) is 0 Å². The van der Waals surface area contributed by atoms with Crippen molar-refractivity contribution < 1.29 is 29.1 Å². The van der Waals surface area contributed by atoms with Crippen LogP contribution in [0.15, 0.2) is 46.8 Å². The average molecular weight is 433 g/mol. The molecule has 1 aromatic carbocycles. The van der Waals surface area contributed by atoms with E-state index in [2.05, 4.69) is 10.6 Å². The van der Waals surface area contributed by atoms with Crippen molar-refractivity contribution in [3.8, 4) is 0 Å². The number of aliphatic hydroxyl groups excluding tert-OH is 1. The summed E-state index contributed by atoms with van der Waals surface area (Å²) in [6.45, 7) is 5.43. The quantitative estimate of drug-likeness (QED) is 0.217. The molecule has 1 unspecified atom stereocenters. The molecule has 0 saturated heterocycles. The normalized spacial score (nSPS) is 16.1. The molecule has 1 heterocycles. The number of carbonyl (C=O) groups is 2. The first-order valence-electron chi connectivity index (χ1n) is 9.97. The Bertz CT molecular complexity index is 908. The van der Waals surface area contributed by atoms with Gasteiger partial charge in [0.25, 0.3) is 5.69 Å². The van der Waals surface area contributed by atoms with Gasteiger partial charge in [-0.2, -0.15) is 0 Å². The Morgan fingerprint density at radius 3 is 2.35 bits per heavy atom. The lowest BCUT2D eigenvalue weighted by Crippen LogP contribution is -2.37. The number of nitrogens with one attached hydrogen (secondary N) is 2. The molecule has 0 spiro atoms. The summed E-state index contributed by atoms with van der Waals surface area (Å²) in [7, 11) is 0. The van der Waals surface area contributed by atoms with Crippen molar-refractivity contribution >= 4 is 17.6 Å². The second-order valence-corrected chi connectivity index (χ2v) is 6.65. The van der Waals surface area contributed by atoms with Crippen LogP contribution >= 0.6 is 0 Å². The van der Waals surface area contributed by atoms with E-state index in [1.165, 1.54) is 18.2 Å².